The van der Waals surface area contributed by atoms with Crippen LogP contribution in [0, 0.1) is 6.92 Å². The molecule has 1 heterocycles. The molecule has 0 saturated carbocycles. The molecule has 2 heteroatoms. The van der Waals surface area contributed by atoms with Crippen molar-refractivity contribution in [2.24, 2.45) is 0 Å². The zero-order valence-electron chi connectivity index (χ0n) is 10.6. The van der Waals surface area contributed by atoms with Gasteiger partial charge >= 0.3 is 0 Å². The summed E-state index contributed by atoms with van der Waals surface area (Å²) in [6.45, 7) is 6.26. The van der Waals surface area contributed by atoms with E-state index in [4.69, 9.17) is 4.42 Å². The molecule has 0 spiro atoms. The van der Waals surface area contributed by atoms with Crippen LogP contribution in [0.5, 0.6) is 0 Å². The number of aryl methyl sites for hydroxylation is 1. The summed E-state index contributed by atoms with van der Waals surface area (Å²) in [7, 11) is 0. The molecule has 90 valence electrons. The summed E-state index contributed by atoms with van der Waals surface area (Å²) in [5.41, 5.74) is 1.29. The fourth-order valence-electron chi connectivity index (χ4n) is 1.98. The van der Waals surface area contributed by atoms with Crippen LogP contribution in [0.1, 0.15) is 43.0 Å². The first-order chi connectivity index (χ1) is 8.16. The Bertz CT molecular complexity index is 461. The van der Waals surface area contributed by atoms with E-state index >= 15 is 0 Å². The van der Waals surface area contributed by atoms with Crippen molar-refractivity contribution in [2.75, 3.05) is 0 Å². The third-order valence-electron chi connectivity index (χ3n) is 2.99. The molecule has 0 fully saturated rings. The van der Waals surface area contributed by atoms with E-state index in [0.29, 0.717) is 6.04 Å². The average Bonchev–Trinajstić information content (AvgIpc) is 2.77. The second-order valence-corrected chi connectivity index (χ2v) is 4.47. The van der Waals surface area contributed by atoms with Gasteiger partial charge in [-0.15, -0.1) is 0 Å². The van der Waals surface area contributed by atoms with Crippen molar-refractivity contribution in [3.05, 3.63) is 59.5 Å². The molecule has 0 aliphatic rings. The van der Waals surface area contributed by atoms with Crippen LogP contribution in [0.4, 0.5) is 0 Å². The van der Waals surface area contributed by atoms with Gasteiger partial charge in [0, 0.05) is 6.04 Å². The van der Waals surface area contributed by atoms with E-state index in [1.807, 2.05) is 25.1 Å². The molecule has 0 aliphatic carbocycles. The lowest BCUT2D eigenvalue weighted by molar-refractivity contribution is 0.392. The first-order valence-corrected chi connectivity index (χ1v) is 6.04. The Morgan fingerprint density at radius 2 is 1.65 bits per heavy atom. The van der Waals surface area contributed by atoms with Gasteiger partial charge < -0.3 is 9.73 Å². The minimum Gasteiger partial charge on any atom is -0.465 e. The molecule has 1 aromatic heterocycles. The summed E-state index contributed by atoms with van der Waals surface area (Å²) >= 11 is 0. The molecular weight excluding hydrogens is 210 g/mol. The third-order valence-corrected chi connectivity index (χ3v) is 2.99. The van der Waals surface area contributed by atoms with Crippen molar-refractivity contribution in [2.45, 2.75) is 32.9 Å². The maximum Gasteiger partial charge on any atom is 0.120 e. The zero-order chi connectivity index (χ0) is 12.3. The number of hydrogen-bond acceptors (Lipinski definition) is 2. The van der Waals surface area contributed by atoms with Gasteiger partial charge in [-0.3, -0.25) is 0 Å². The summed E-state index contributed by atoms with van der Waals surface area (Å²) in [4.78, 5) is 0. The van der Waals surface area contributed by atoms with Crippen LogP contribution >= 0.6 is 0 Å². The Morgan fingerprint density at radius 1 is 0.941 bits per heavy atom. The first-order valence-electron chi connectivity index (χ1n) is 6.04. The van der Waals surface area contributed by atoms with Gasteiger partial charge in [0.1, 0.15) is 11.5 Å². The largest absolute Gasteiger partial charge is 0.465 e. The standard InChI is InChI=1S/C15H19NO/c1-11-9-10-15(17-11)13(3)16-12(2)14-7-5-4-6-8-14/h4-10,12-13,16H,1-3H3. The molecular formula is C15H19NO. The SMILES string of the molecule is Cc1ccc(C(C)NC(C)c2ccccc2)o1. The summed E-state index contributed by atoms with van der Waals surface area (Å²) in [5.74, 6) is 1.95. The predicted octanol–water partition coefficient (Wildman–Crippen LogP) is 4.00. The van der Waals surface area contributed by atoms with Crippen LogP contribution in [0.15, 0.2) is 46.9 Å². The molecule has 2 unspecified atom stereocenters. The Hall–Kier alpha value is -1.54. The van der Waals surface area contributed by atoms with Crippen LogP contribution in [-0.4, -0.2) is 0 Å². The van der Waals surface area contributed by atoms with Gasteiger partial charge in [0.2, 0.25) is 0 Å². The molecule has 17 heavy (non-hydrogen) atoms. The van der Waals surface area contributed by atoms with Gasteiger partial charge in [0.25, 0.3) is 0 Å². The fourth-order valence-corrected chi connectivity index (χ4v) is 1.98. The fraction of sp³-hybridized carbons (Fsp3) is 0.333. The quantitative estimate of drug-likeness (QED) is 0.857. The summed E-state index contributed by atoms with van der Waals surface area (Å²) < 4.78 is 5.62. The van der Waals surface area contributed by atoms with Crippen LogP contribution in [0.3, 0.4) is 0 Å². The second-order valence-electron chi connectivity index (χ2n) is 4.47. The van der Waals surface area contributed by atoms with Gasteiger partial charge in [-0.2, -0.15) is 0 Å². The highest BCUT2D eigenvalue weighted by Gasteiger charge is 2.13. The van der Waals surface area contributed by atoms with Crippen molar-refractivity contribution in [1.82, 2.24) is 5.32 Å². The van der Waals surface area contributed by atoms with Crippen LogP contribution in [0.2, 0.25) is 0 Å². The molecule has 0 amide bonds. The van der Waals surface area contributed by atoms with E-state index in [1.165, 1.54) is 5.56 Å². The van der Waals surface area contributed by atoms with E-state index in [0.717, 1.165) is 11.5 Å². The van der Waals surface area contributed by atoms with Gasteiger partial charge in [0.15, 0.2) is 0 Å². The Balaban J connectivity index is 2.02. The lowest BCUT2D eigenvalue weighted by Gasteiger charge is -2.18. The minimum absolute atomic E-state index is 0.221. The smallest absolute Gasteiger partial charge is 0.120 e. The predicted molar refractivity (Wildman–Crippen MR) is 69.9 cm³/mol. The molecule has 1 N–H and O–H groups in total. The van der Waals surface area contributed by atoms with Crippen molar-refractivity contribution in [1.29, 1.82) is 0 Å². The number of furan rings is 1. The maximum absolute atomic E-state index is 5.62. The molecule has 1 aromatic carbocycles. The Morgan fingerprint density at radius 3 is 2.24 bits per heavy atom. The van der Waals surface area contributed by atoms with Gasteiger partial charge in [-0.25, -0.2) is 0 Å². The molecule has 2 rings (SSSR count). The molecule has 2 atom stereocenters. The van der Waals surface area contributed by atoms with Gasteiger partial charge in [-0.05, 0) is 38.5 Å². The third kappa shape index (κ3) is 2.98. The Labute approximate surface area is 103 Å². The molecule has 0 aliphatic heterocycles. The Kier molecular flexibility index (Phi) is 3.64. The number of rotatable bonds is 4. The maximum atomic E-state index is 5.62. The van der Waals surface area contributed by atoms with Crippen molar-refractivity contribution >= 4 is 0 Å². The minimum atomic E-state index is 0.221. The highest BCUT2D eigenvalue weighted by Crippen LogP contribution is 2.20. The van der Waals surface area contributed by atoms with Gasteiger partial charge in [-0.1, -0.05) is 30.3 Å². The zero-order valence-corrected chi connectivity index (χ0v) is 10.6. The second kappa shape index (κ2) is 5.19. The molecule has 0 saturated heterocycles. The van der Waals surface area contributed by atoms with Crippen molar-refractivity contribution < 1.29 is 4.42 Å². The lowest BCUT2D eigenvalue weighted by atomic mass is 10.1. The summed E-state index contributed by atoms with van der Waals surface area (Å²) in [6, 6.07) is 15.0. The normalized spacial score (nSPS) is 14.5. The van der Waals surface area contributed by atoms with Crippen molar-refractivity contribution in [3.8, 4) is 0 Å². The van der Waals surface area contributed by atoms with E-state index in [2.05, 4.69) is 43.4 Å². The van der Waals surface area contributed by atoms with E-state index < -0.39 is 0 Å². The number of nitrogens with one attached hydrogen (secondary N) is 1. The summed E-state index contributed by atoms with van der Waals surface area (Å²) in [6.07, 6.45) is 0. The highest BCUT2D eigenvalue weighted by molar-refractivity contribution is 5.19. The molecule has 0 radical (unpaired) electrons. The van der Waals surface area contributed by atoms with Crippen LogP contribution in [-0.2, 0) is 0 Å². The topological polar surface area (TPSA) is 25.2 Å². The van der Waals surface area contributed by atoms with Crippen LogP contribution < -0.4 is 5.32 Å². The molecule has 2 aromatic rings. The monoisotopic (exact) mass is 229 g/mol. The van der Waals surface area contributed by atoms with E-state index in [9.17, 15) is 0 Å². The molecule has 2 nitrogen and oxygen atoms in total. The number of benzene rings is 1. The van der Waals surface area contributed by atoms with E-state index in [1.54, 1.807) is 0 Å². The van der Waals surface area contributed by atoms with Crippen LogP contribution in [0.25, 0.3) is 0 Å². The lowest BCUT2D eigenvalue weighted by Crippen LogP contribution is -2.22. The highest BCUT2D eigenvalue weighted by atomic mass is 16.3. The summed E-state index contributed by atoms with van der Waals surface area (Å²) in [5, 5.41) is 3.53. The van der Waals surface area contributed by atoms with E-state index in [-0.39, 0.29) is 6.04 Å². The average molecular weight is 229 g/mol. The van der Waals surface area contributed by atoms with Gasteiger partial charge in [0.05, 0.1) is 6.04 Å². The number of hydrogen-bond donors (Lipinski definition) is 1. The van der Waals surface area contributed by atoms with Crippen molar-refractivity contribution in [3.63, 3.8) is 0 Å². The first kappa shape index (κ1) is 11.9. The molecule has 0 bridgehead atoms.